The van der Waals surface area contributed by atoms with Crippen molar-refractivity contribution < 1.29 is 18.3 Å². The first kappa shape index (κ1) is 24.6. The minimum atomic E-state index is -3.56. The second-order valence-corrected chi connectivity index (χ2v) is 10.2. The van der Waals surface area contributed by atoms with Crippen LogP contribution in [-0.2, 0) is 14.8 Å². The molecule has 0 spiro atoms. The van der Waals surface area contributed by atoms with E-state index in [9.17, 15) is 13.2 Å². The fourth-order valence-corrected chi connectivity index (χ4v) is 5.54. The van der Waals surface area contributed by atoms with Gasteiger partial charge in [-0.1, -0.05) is 24.3 Å². The maximum absolute atomic E-state index is 13.1. The minimum Gasteiger partial charge on any atom is -0.483 e. The molecule has 1 aliphatic rings. The molecule has 1 fully saturated rings. The molecule has 0 radical (unpaired) electrons. The van der Waals surface area contributed by atoms with E-state index in [1.807, 2.05) is 25.1 Å². The second kappa shape index (κ2) is 10.3. The van der Waals surface area contributed by atoms with Crippen molar-refractivity contribution >= 4 is 27.3 Å². The molecule has 0 aliphatic carbocycles. The van der Waals surface area contributed by atoms with Crippen LogP contribution in [-0.4, -0.2) is 67.4 Å². The highest BCUT2D eigenvalue weighted by molar-refractivity contribution is 7.89. The lowest BCUT2D eigenvalue weighted by Gasteiger charge is -2.34. The molecular weight excluding hydrogens is 442 g/mol. The summed E-state index contributed by atoms with van der Waals surface area (Å²) in [5, 5.41) is 8.44. The van der Waals surface area contributed by atoms with Gasteiger partial charge in [-0.2, -0.15) is 4.31 Å². The zero-order valence-electron chi connectivity index (χ0n) is 19.0. The van der Waals surface area contributed by atoms with Crippen molar-refractivity contribution in [2.75, 3.05) is 27.2 Å². The van der Waals surface area contributed by atoms with Crippen LogP contribution in [0.25, 0.3) is 22.0 Å². The largest absolute Gasteiger partial charge is 0.483 e. The smallest absolute Gasteiger partial charge is 0.290 e. The van der Waals surface area contributed by atoms with Gasteiger partial charge in [0.15, 0.2) is 0 Å². The van der Waals surface area contributed by atoms with E-state index in [4.69, 9.17) is 9.90 Å². The lowest BCUT2D eigenvalue weighted by molar-refractivity contribution is -0.122. The normalized spacial score (nSPS) is 15.3. The van der Waals surface area contributed by atoms with E-state index < -0.39 is 10.0 Å². The minimum absolute atomic E-state index is 0.0192. The molecule has 33 heavy (non-hydrogen) atoms. The van der Waals surface area contributed by atoms with Gasteiger partial charge in [0.1, 0.15) is 0 Å². The molecule has 2 heterocycles. The lowest BCUT2D eigenvalue weighted by Crippen LogP contribution is -2.44. The summed E-state index contributed by atoms with van der Waals surface area (Å²) in [6, 6.07) is 14.4. The molecule has 0 amide bonds. The molecule has 1 aromatic heterocycles. The van der Waals surface area contributed by atoms with Crippen LogP contribution in [0.1, 0.15) is 18.4 Å². The first-order valence-corrected chi connectivity index (χ1v) is 12.1. The highest BCUT2D eigenvalue weighted by Gasteiger charge is 2.30. The predicted molar refractivity (Wildman–Crippen MR) is 129 cm³/mol. The number of sulfonamides is 1. The van der Waals surface area contributed by atoms with Crippen LogP contribution in [0.15, 0.2) is 58.2 Å². The van der Waals surface area contributed by atoms with Gasteiger partial charge in [0.05, 0.1) is 4.90 Å². The predicted octanol–water partition coefficient (Wildman–Crippen LogP) is 2.92. The fourth-order valence-electron chi connectivity index (χ4n) is 4.12. The molecule has 2 aromatic carbocycles. The fraction of sp³-hybridized carbons (Fsp3) is 0.333. The Balaban J connectivity index is 0.000000968. The third-order valence-corrected chi connectivity index (χ3v) is 8.07. The third-order valence-electron chi connectivity index (χ3n) is 6.15. The molecule has 1 saturated heterocycles. The molecule has 1 aliphatic heterocycles. The van der Waals surface area contributed by atoms with Gasteiger partial charge in [-0.15, -0.1) is 0 Å². The molecule has 0 saturated carbocycles. The van der Waals surface area contributed by atoms with Crippen LogP contribution in [0.2, 0.25) is 0 Å². The Morgan fingerprint density at radius 1 is 1.09 bits per heavy atom. The number of piperidine rings is 1. The Morgan fingerprint density at radius 2 is 1.70 bits per heavy atom. The van der Waals surface area contributed by atoms with Crippen molar-refractivity contribution in [2.45, 2.75) is 30.7 Å². The summed E-state index contributed by atoms with van der Waals surface area (Å²) in [4.78, 5) is 26.2. The number of hydrogen-bond donors (Lipinski definition) is 2. The number of pyridine rings is 1. The summed E-state index contributed by atoms with van der Waals surface area (Å²) < 4.78 is 27.7. The van der Waals surface area contributed by atoms with Gasteiger partial charge < -0.3 is 15.0 Å². The number of H-pyrrole nitrogens is 1. The van der Waals surface area contributed by atoms with Gasteiger partial charge in [0.25, 0.3) is 12.0 Å². The number of carbonyl (C=O) groups is 1. The van der Waals surface area contributed by atoms with Gasteiger partial charge in [-0.05, 0) is 80.7 Å². The number of likely N-dealkylation sites (tertiary alicyclic amines) is 1. The first-order chi connectivity index (χ1) is 15.7. The van der Waals surface area contributed by atoms with Crippen molar-refractivity contribution in [3.63, 3.8) is 0 Å². The number of aromatic nitrogens is 1. The standard InChI is InChI=1S/C23H27N3O3S.CH2O2/c1-16-5-4-6-20-21(16)15-22(24-23(20)27)17-7-9-19(10-8-17)30(28,29)26(3)18-11-13-25(2)14-12-18;2-1-3/h4-10,15,18H,11-14H2,1-3H3,(H,24,27);1H,(H,2,3). The highest BCUT2D eigenvalue weighted by Crippen LogP contribution is 2.26. The summed E-state index contributed by atoms with van der Waals surface area (Å²) in [5.41, 5.74) is 2.33. The van der Waals surface area contributed by atoms with E-state index in [-0.39, 0.29) is 23.0 Å². The van der Waals surface area contributed by atoms with E-state index >= 15 is 0 Å². The number of hydrogen-bond acceptors (Lipinski definition) is 5. The number of nitrogens with one attached hydrogen (secondary N) is 1. The summed E-state index contributed by atoms with van der Waals surface area (Å²) >= 11 is 0. The molecule has 2 N–H and O–H groups in total. The van der Waals surface area contributed by atoms with E-state index in [2.05, 4.69) is 16.9 Å². The summed E-state index contributed by atoms with van der Waals surface area (Å²) in [7, 11) is 0.165. The topological polar surface area (TPSA) is 111 Å². The number of aromatic amines is 1. The Morgan fingerprint density at radius 3 is 2.30 bits per heavy atom. The van der Waals surface area contributed by atoms with Crippen molar-refractivity contribution in [1.82, 2.24) is 14.2 Å². The van der Waals surface area contributed by atoms with Crippen LogP contribution >= 0.6 is 0 Å². The number of aryl methyl sites for hydroxylation is 1. The number of carboxylic acid groups (broad SMARTS) is 1. The Bertz CT molecular complexity index is 1280. The Hall–Kier alpha value is -3.01. The molecule has 0 bridgehead atoms. The molecule has 4 rings (SSSR count). The third kappa shape index (κ3) is 5.32. The quantitative estimate of drug-likeness (QED) is 0.566. The first-order valence-electron chi connectivity index (χ1n) is 10.7. The van der Waals surface area contributed by atoms with Crippen LogP contribution in [0.4, 0.5) is 0 Å². The zero-order chi connectivity index (χ0) is 24.2. The van der Waals surface area contributed by atoms with Crippen LogP contribution in [0, 0.1) is 6.92 Å². The average Bonchev–Trinajstić information content (AvgIpc) is 2.80. The summed E-state index contributed by atoms with van der Waals surface area (Å²) in [6.07, 6.45) is 1.67. The highest BCUT2D eigenvalue weighted by atomic mass is 32.2. The Labute approximate surface area is 193 Å². The molecule has 176 valence electrons. The van der Waals surface area contributed by atoms with Crippen LogP contribution in [0.3, 0.4) is 0 Å². The van der Waals surface area contributed by atoms with Crippen molar-refractivity contribution in [3.05, 3.63) is 64.4 Å². The second-order valence-electron chi connectivity index (χ2n) is 8.23. The van der Waals surface area contributed by atoms with Gasteiger partial charge in [-0.3, -0.25) is 9.59 Å². The number of rotatable bonds is 4. The maximum atomic E-state index is 13.1. The molecule has 0 atom stereocenters. The van der Waals surface area contributed by atoms with Crippen molar-refractivity contribution in [2.24, 2.45) is 0 Å². The number of nitrogens with zero attached hydrogens (tertiary/aromatic N) is 2. The van der Waals surface area contributed by atoms with Crippen molar-refractivity contribution in [3.8, 4) is 11.3 Å². The van der Waals surface area contributed by atoms with E-state index in [1.54, 1.807) is 37.4 Å². The van der Waals surface area contributed by atoms with E-state index in [1.165, 1.54) is 4.31 Å². The van der Waals surface area contributed by atoms with E-state index in [0.717, 1.165) is 42.4 Å². The molecule has 9 heteroatoms. The van der Waals surface area contributed by atoms with Crippen LogP contribution < -0.4 is 5.56 Å². The van der Waals surface area contributed by atoms with Gasteiger partial charge >= 0.3 is 0 Å². The van der Waals surface area contributed by atoms with Gasteiger partial charge in [0, 0.05) is 24.2 Å². The molecular formula is C24H29N3O5S. The average molecular weight is 472 g/mol. The monoisotopic (exact) mass is 471 g/mol. The number of fused-ring (bicyclic) bond motifs is 1. The van der Waals surface area contributed by atoms with Gasteiger partial charge in [0.2, 0.25) is 10.0 Å². The molecule has 8 nitrogen and oxygen atoms in total. The molecule has 3 aromatic rings. The zero-order valence-corrected chi connectivity index (χ0v) is 19.8. The number of benzene rings is 2. The summed E-state index contributed by atoms with van der Waals surface area (Å²) in [5.74, 6) is 0. The maximum Gasteiger partial charge on any atom is 0.290 e. The van der Waals surface area contributed by atoms with Crippen LogP contribution in [0.5, 0.6) is 0 Å². The SMILES string of the molecule is Cc1cccc2c(=O)[nH]c(-c3ccc(S(=O)(=O)N(C)C4CCN(C)CC4)cc3)cc12.O=CO. The summed E-state index contributed by atoms with van der Waals surface area (Å²) in [6.45, 7) is 3.52. The lowest BCUT2D eigenvalue weighted by atomic mass is 10.0. The van der Waals surface area contributed by atoms with Crippen molar-refractivity contribution in [1.29, 1.82) is 0 Å². The van der Waals surface area contributed by atoms with E-state index in [0.29, 0.717) is 11.1 Å². The van der Waals surface area contributed by atoms with Gasteiger partial charge in [-0.25, -0.2) is 8.42 Å². The Kier molecular flexibility index (Phi) is 7.68. The molecule has 0 unspecified atom stereocenters.